The van der Waals surface area contributed by atoms with E-state index in [0.717, 1.165) is 10.4 Å². The summed E-state index contributed by atoms with van der Waals surface area (Å²) in [7, 11) is 0. The molecular formula is C19H18ClN3O2S. The van der Waals surface area contributed by atoms with Crippen molar-refractivity contribution in [3.63, 3.8) is 0 Å². The lowest BCUT2D eigenvalue weighted by atomic mass is 10.2. The molecular weight excluding hydrogens is 370 g/mol. The van der Waals surface area contributed by atoms with Gasteiger partial charge in [-0.25, -0.2) is 0 Å². The summed E-state index contributed by atoms with van der Waals surface area (Å²) in [5, 5.41) is 10.7. The predicted molar refractivity (Wildman–Crippen MR) is 104 cm³/mol. The van der Waals surface area contributed by atoms with E-state index in [9.17, 15) is 4.79 Å². The van der Waals surface area contributed by atoms with Crippen LogP contribution in [0, 0.1) is 0 Å². The first-order chi connectivity index (χ1) is 12.5. The van der Waals surface area contributed by atoms with Gasteiger partial charge in [0.1, 0.15) is 0 Å². The fraction of sp³-hybridized carbons (Fsp3) is 0.211. The van der Waals surface area contributed by atoms with Crippen LogP contribution >= 0.6 is 22.9 Å². The number of thiophene rings is 1. The van der Waals surface area contributed by atoms with Crippen molar-refractivity contribution < 1.29 is 9.21 Å². The number of rotatable bonds is 6. The summed E-state index contributed by atoms with van der Waals surface area (Å²) >= 11 is 7.48. The van der Waals surface area contributed by atoms with Gasteiger partial charge in [0.15, 0.2) is 0 Å². The fourth-order valence-corrected chi connectivity index (χ4v) is 3.07. The maximum absolute atomic E-state index is 12.5. The van der Waals surface area contributed by atoms with Crippen LogP contribution in [-0.2, 0) is 11.3 Å². The third-order valence-electron chi connectivity index (χ3n) is 3.70. The maximum Gasteiger partial charge on any atom is 0.247 e. The first-order valence-electron chi connectivity index (χ1n) is 8.13. The van der Waals surface area contributed by atoms with E-state index in [1.165, 1.54) is 0 Å². The zero-order valence-corrected chi connectivity index (χ0v) is 16.0. The highest BCUT2D eigenvalue weighted by Crippen LogP contribution is 2.21. The van der Waals surface area contributed by atoms with E-state index >= 15 is 0 Å². The van der Waals surface area contributed by atoms with Gasteiger partial charge in [-0.15, -0.1) is 21.5 Å². The van der Waals surface area contributed by atoms with Crippen molar-refractivity contribution in [3.05, 3.63) is 63.6 Å². The van der Waals surface area contributed by atoms with E-state index in [-0.39, 0.29) is 18.5 Å². The molecule has 0 unspecified atom stereocenters. The SMILES string of the molecule is CC(C)N(Cc1nnc(-c2ccc(Cl)cc2)o1)C(=O)/C=C/c1cccs1. The molecule has 0 saturated carbocycles. The molecule has 0 radical (unpaired) electrons. The molecule has 0 aliphatic heterocycles. The average molecular weight is 388 g/mol. The van der Waals surface area contributed by atoms with E-state index in [2.05, 4.69) is 10.2 Å². The maximum atomic E-state index is 12.5. The Morgan fingerprint density at radius 1 is 1.27 bits per heavy atom. The van der Waals surface area contributed by atoms with E-state index < -0.39 is 0 Å². The Balaban J connectivity index is 1.72. The minimum absolute atomic E-state index is 0.00127. The van der Waals surface area contributed by atoms with Crippen LogP contribution in [-0.4, -0.2) is 27.0 Å². The van der Waals surface area contributed by atoms with Crippen molar-refractivity contribution in [3.8, 4) is 11.5 Å². The van der Waals surface area contributed by atoms with E-state index in [0.29, 0.717) is 16.8 Å². The molecule has 1 aromatic carbocycles. The molecule has 0 aliphatic carbocycles. The van der Waals surface area contributed by atoms with Gasteiger partial charge in [-0.05, 0) is 55.6 Å². The number of aromatic nitrogens is 2. The van der Waals surface area contributed by atoms with Crippen LogP contribution in [0.5, 0.6) is 0 Å². The Labute approximate surface area is 160 Å². The highest BCUT2D eigenvalue weighted by Gasteiger charge is 2.19. The summed E-state index contributed by atoms with van der Waals surface area (Å²) in [6, 6.07) is 11.1. The molecule has 0 saturated heterocycles. The standard InChI is InChI=1S/C19H18ClN3O2S/c1-13(2)23(18(24)10-9-16-4-3-11-26-16)12-17-21-22-19(25-17)14-5-7-15(20)8-6-14/h3-11,13H,12H2,1-2H3/b10-9+. The normalized spacial score (nSPS) is 11.4. The number of hydrogen-bond acceptors (Lipinski definition) is 5. The molecule has 3 aromatic rings. The Bertz CT molecular complexity index is 886. The molecule has 134 valence electrons. The van der Waals surface area contributed by atoms with Gasteiger partial charge in [-0.3, -0.25) is 4.79 Å². The smallest absolute Gasteiger partial charge is 0.247 e. The lowest BCUT2D eigenvalue weighted by molar-refractivity contribution is -0.128. The van der Waals surface area contributed by atoms with Gasteiger partial charge in [0.05, 0.1) is 6.54 Å². The van der Waals surface area contributed by atoms with Crippen molar-refractivity contribution in [1.29, 1.82) is 0 Å². The summed E-state index contributed by atoms with van der Waals surface area (Å²) in [5.74, 6) is 0.697. The molecule has 0 aliphatic rings. The molecule has 0 atom stereocenters. The number of amides is 1. The zero-order valence-electron chi connectivity index (χ0n) is 14.4. The van der Waals surface area contributed by atoms with Crippen LogP contribution in [0.1, 0.15) is 24.6 Å². The summed E-state index contributed by atoms with van der Waals surface area (Å²) in [6.45, 7) is 4.16. The molecule has 1 amide bonds. The highest BCUT2D eigenvalue weighted by molar-refractivity contribution is 7.10. The van der Waals surface area contributed by atoms with Gasteiger partial charge in [-0.2, -0.15) is 0 Å². The second-order valence-corrected chi connectivity index (χ2v) is 7.33. The van der Waals surface area contributed by atoms with Gasteiger partial charge < -0.3 is 9.32 Å². The number of hydrogen-bond donors (Lipinski definition) is 0. The first-order valence-corrected chi connectivity index (χ1v) is 9.39. The van der Waals surface area contributed by atoms with Crippen molar-refractivity contribution in [2.75, 3.05) is 0 Å². The number of nitrogens with zero attached hydrogens (tertiary/aromatic N) is 3. The molecule has 3 rings (SSSR count). The van der Waals surface area contributed by atoms with Crippen LogP contribution in [0.2, 0.25) is 5.02 Å². The molecule has 5 nitrogen and oxygen atoms in total. The number of carbonyl (C=O) groups excluding carboxylic acids is 1. The van der Waals surface area contributed by atoms with Gasteiger partial charge in [-0.1, -0.05) is 17.7 Å². The largest absolute Gasteiger partial charge is 0.419 e. The van der Waals surface area contributed by atoms with E-state index in [1.807, 2.05) is 49.6 Å². The van der Waals surface area contributed by atoms with E-state index in [1.54, 1.807) is 34.4 Å². The molecule has 2 heterocycles. The second-order valence-electron chi connectivity index (χ2n) is 5.92. The monoisotopic (exact) mass is 387 g/mol. The third-order valence-corrected chi connectivity index (χ3v) is 4.79. The molecule has 0 bridgehead atoms. The molecule has 0 spiro atoms. The Morgan fingerprint density at radius 2 is 2.04 bits per heavy atom. The zero-order chi connectivity index (χ0) is 18.5. The summed E-state index contributed by atoms with van der Waals surface area (Å²) in [4.78, 5) is 15.3. The van der Waals surface area contributed by atoms with Crippen molar-refractivity contribution >= 4 is 34.9 Å². The average Bonchev–Trinajstić information content (AvgIpc) is 3.30. The fourth-order valence-electron chi connectivity index (χ4n) is 2.32. The summed E-state index contributed by atoms with van der Waals surface area (Å²) in [6.07, 6.45) is 3.39. The first kappa shape index (κ1) is 18.4. The van der Waals surface area contributed by atoms with Gasteiger partial charge in [0.25, 0.3) is 0 Å². The van der Waals surface area contributed by atoms with Crippen molar-refractivity contribution in [1.82, 2.24) is 15.1 Å². The van der Waals surface area contributed by atoms with Gasteiger partial charge >= 0.3 is 0 Å². The lowest BCUT2D eigenvalue weighted by Crippen LogP contribution is -2.35. The Kier molecular flexibility index (Phi) is 5.85. The van der Waals surface area contributed by atoms with Gasteiger partial charge in [0, 0.05) is 27.6 Å². The summed E-state index contributed by atoms with van der Waals surface area (Å²) < 4.78 is 5.71. The highest BCUT2D eigenvalue weighted by atomic mass is 35.5. The lowest BCUT2D eigenvalue weighted by Gasteiger charge is -2.23. The number of carbonyl (C=O) groups is 1. The van der Waals surface area contributed by atoms with Crippen LogP contribution in [0.15, 0.2) is 52.3 Å². The van der Waals surface area contributed by atoms with Crippen LogP contribution in [0.3, 0.4) is 0 Å². The quantitative estimate of drug-likeness (QED) is 0.564. The predicted octanol–water partition coefficient (Wildman–Crippen LogP) is 4.90. The minimum Gasteiger partial charge on any atom is -0.419 e. The summed E-state index contributed by atoms with van der Waals surface area (Å²) in [5.41, 5.74) is 0.785. The van der Waals surface area contributed by atoms with E-state index in [4.69, 9.17) is 16.0 Å². The third kappa shape index (κ3) is 4.59. The van der Waals surface area contributed by atoms with Crippen molar-refractivity contribution in [2.24, 2.45) is 0 Å². The topological polar surface area (TPSA) is 59.2 Å². The Hall–Kier alpha value is -2.44. The minimum atomic E-state index is -0.0976. The number of halogens is 1. The Morgan fingerprint density at radius 3 is 2.69 bits per heavy atom. The second kappa shape index (κ2) is 8.29. The molecule has 0 fully saturated rings. The van der Waals surface area contributed by atoms with Crippen LogP contribution in [0.4, 0.5) is 0 Å². The molecule has 7 heteroatoms. The van der Waals surface area contributed by atoms with Gasteiger partial charge in [0.2, 0.25) is 17.7 Å². The molecule has 2 aromatic heterocycles. The number of benzene rings is 1. The van der Waals surface area contributed by atoms with Crippen LogP contribution < -0.4 is 0 Å². The molecule has 26 heavy (non-hydrogen) atoms. The van der Waals surface area contributed by atoms with Crippen molar-refractivity contribution in [2.45, 2.75) is 26.4 Å². The molecule has 0 N–H and O–H groups in total. The van der Waals surface area contributed by atoms with Crippen LogP contribution in [0.25, 0.3) is 17.5 Å².